The molecule has 3 nitrogen and oxygen atoms in total. The van der Waals surface area contributed by atoms with Crippen LogP contribution < -0.4 is 10.5 Å². The van der Waals surface area contributed by atoms with Crippen molar-refractivity contribution in [2.45, 2.75) is 12.5 Å². The monoisotopic (exact) mass is 296 g/mol. The van der Waals surface area contributed by atoms with E-state index in [1.807, 2.05) is 24.3 Å². The normalized spacial score (nSPS) is 16.7. The molecule has 2 N–H and O–H groups in total. The van der Waals surface area contributed by atoms with Gasteiger partial charge in [-0.15, -0.1) is 0 Å². The Balaban J connectivity index is 0.000000148. The molecule has 2 heterocycles. The molecule has 1 atom stereocenters. The maximum Gasteiger partial charge on any atom is 0.142 e. The maximum atomic E-state index is 5.80. The molecule has 0 bridgehead atoms. The lowest BCUT2D eigenvalue weighted by Gasteiger charge is -2.20. The summed E-state index contributed by atoms with van der Waals surface area (Å²) < 4.78 is 5.35. The summed E-state index contributed by atoms with van der Waals surface area (Å²) in [5.41, 5.74) is 6.69. The third kappa shape index (κ3) is 3.83. The highest BCUT2D eigenvalue weighted by Gasteiger charge is 2.17. The second-order valence-electron chi connectivity index (χ2n) is 4.04. The molecule has 1 aromatic carbocycles. The summed E-state index contributed by atoms with van der Waals surface area (Å²) in [5.74, 6) is 0.839. The Labute approximate surface area is 122 Å². The molecule has 1 aliphatic rings. The maximum absolute atomic E-state index is 5.80. The van der Waals surface area contributed by atoms with E-state index < -0.39 is 0 Å². The van der Waals surface area contributed by atoms with E-state index in [4.69, 9.17) is 33.7 Å². The van der Waals surface area contributed by atoms with Gasteiger partial charge in [-0.05, 0) is 24.3 Å². The van der Waals surface area contributed by atoms with Crippen molar-refractivity contribution in [1.29, 1.82) is 0 Å². The molecule has 0 aliphatic carbocycles. The summed E-state index contributed by atoms with van der Waals surface area (Å²) in [6, 6.07) is 11.0. The molecule has 0 amide bonds. The highest BCUT2D eigenvalue weighted by Crippen LogP contribution is 2.27. The van der Waals surface area contributed by atoms with Crippen LogP contribution in [0.15, 0.2) is 42.6 Å². The van der Waals surface area contributed by atoms with Gasteiger partial charge in [-0.2, -0.15) is 0 Å². The quantitative estimate of drug-likeness (QED) is 0.803. The zero-order valence-electron chi connectivity index (χ0n) is 10.2. The van der Waals surface area contributed by atoms with E-state index in [0.29, 0.717) is 16.7 Å². The molecule has 0 saturated heterocycles. The summed E-state index contributed by atoms with van der Waals surface area (Å²) in [6.07, 6.45) is 2.61. The Morgan fingerprint density at radius 3 is 2.37 bits per heavy atom. The smallest absolute Gasteiger partial charge is 0.142 e. The van der Waals surface area contributed by atoms with Crippen molar-refractivity contribution in [3.05, 3.63) is 58.3 Å². The summed E-state index contributed by atoms with van der Waals surface area (Å²) in [6.45, 7) is 0.708. The van der Waals surface area contributed by atoms with Crippen LogP contribution in [0.25, 0.3) is 0 Å². The molecule has 2 aromatic rings. The first-order chi connectivity index (χ1) is 9.18. The van der Waals surface area contributed by atoms with E-state index in [2.05, 4.69) is 4.98 Å². The number of nitrogens with zero attached hydrogens (tertiary/aromatic N) is 1. The molecule has 1 aliphatic heterocycles. The molecule has 5 heteroatoms. The highest BCUT2D eigenvalue weighted by molar-refractivity contribution is 6.41. The molecule has 0 fully saturated rings. The van der Waals surface area contributed by atoms with Crippen molar-refractivity contribution in [2.75, 3.05) is 6.61 Å². The first-order valence-electron chi connectivity index (χ1n) is 5.92. The van der Waals surface area contributed by atoms with Gasteiger partial charge >= 0.3 is 0 Å². The van der Waals surface area contributed by atoms with E-state index in [0.717, 1.165) is 17.9 Å². The van der Waals surface area contributed by atoms with Crippen molar-refractivity contribution in [2.24, 2.45) is 5.73 Å². The standard InChI is InChI=1S/C8H10N2O.C6H4Cl2/c9-6-3-5-11-7-2-1-4-10-8(6)7;7-5-3-1-2-4-6(5)8/h1-2,4,6H,3,5,9H2;1-4H. The van der Waals surface area contributed by atoms with Crippen LogP contribution in [0, 0.1) is 0 Å². The molecule has 100 valence electrons. The average molecular weight is 297 g/mol. The molecular weight excluding hydrogens is 283 g/mol. The fraction of sp³-hybridized carbons (Fsp3) is 0.214. The Hall–Kier alpha value is -1.29. The second kappa shape index (κ2) is 6.75. The number of hydrogen-bond donors (Lipinski definition) is 1. The highest BCUT2D eigenvalue weighted by atomic mass is 35.5. The van der Waals surface area contributed by atoms with Gasteiger partial charge in [0, 0.05) is 12.6 Å². The minimum absolute atomic E-state index is 0.0555. The van der Waals surface area contributed by atoms with Crippen LogP contribution in [0.1, 0.15) is 18.2 Å². The Morgan fingerprint density at radius 1 is 1.11 bits per heavy atom. The van der Waals surface area contributed by atoms with Crippen molar-refractivity contribution in [1.82, 2.24) is 4.98 Å². The van der Waals surface area contributed by atoms with E-state index >= 15 is 0 Å². The third-order valence-corrected chi connectivity index (χ3v) is 3.42. The number of benzene rings is 1. The van der Waals surface area contributed by atoms with Gasteiger partial charge in [-0.3, -0.25) is 4.98 Å². The van der Waals surface area contributed by atoms with Crippen LogP contribution in [0.2, 0.25) is 10.0 Å². The van der Waals surface area contributed by atoms with Gasteiger partial charge in [0.1, 0.15) is 5.75 Å². The van der Waals surface area contributed by atoms with Gasteiger partial charge in [-0.1, -0.05) is 35.3 Å². The summed E-state index contributed by atoms with van der Waals surface area (Å²) in [4.78, 5) is 4.15. The van der Waals surface area contributed by atoms with Gasteiger partial charge in [0.25, 0.3) is 0 Å². The van der Waals surface area contributed by atoms with Gasteiger partial charge in [-0.25, -0.2) is 0 Å². The number of halogens is 2. The summed E-state index contributed by atoms with van der Waals surface area (Å²) >= 11 is 11.2. The number of nitrogens with two attached hydrogens (primary N) is 1. The second-order valence-corrected chi connectivity index (χ2v) is 4.86. The number of ether oxygens (including phenoxy) is 1. The van der Waals surface area contributed by atoms with E-state index in [1.165, 1.54) is 0 Å². The zero-order chi connectivity index (χ0) is 13.7. The Morgan fingerprint density at radius 2 is 1.79 bits per heavy atom. The predicted octanol–water partition coefficient (Wildman–Crippen LogP) is 3.86. The van der Waals surface area contributed by atoms with Crippen molar-refractivity contribution in [3.63, 3.8) is 0 Å². The largest absolute Gasteiger partial charge is 0.492 e. The Bertz CT molecular complexity index is 527. The summed E-state index contributed by atoms with van der Waals surface area (Å²) in [7, 11) is 0. The number of pyridine rings is 1. The number of aromatic nitrogens is 1. The van der Waals surface area contributed by atoms with Crippen LogP contribution in [0.5, 0.6) is 5.75 Å². The molecule has 3 rings (SSSR count). The fourth-order valence-corrected chi connectivity index (χ4v) is 1.95. The van der Waals surface area contributed by atoms with Crippen LogP contribution in [-0.2, 0) is 0 Å². The van der Waals surface area contributed by atoms with Crippen LogP contribution >= 0.6 is 23.2 Å². The molecule has 0 spiro atoms. The van der Waals surface area contributed by atoms with Crippen molar-refractivity contribution in [3.8, 4) is 5.75 Å². The van der Waals surface area contributed by atoms with Gasteiger partial charge < -0.3 is 10.5 Å². The van der Waals surface area contributed by atoms with Crippen LogP contribution in [0.3, 0.4) is 0 Å². The fourth-order valence-electron chi connectivity index (χ4n) is 1.68. The average Bonchev–Trinajstić information content (AvgIpc) is 2.44. The minimum Gasteiger partial charge on any atom is -0.492 e. The SMILES string of the molecule is Clc1ccccc1Cl.NC1CCOc2cccnc21. The predicted molar refractivity (Wildman–Crippen MR) is 77.7 cm³/mol. The molecule has 0 radical (unpaired) electrons. The number of fused-ring (bicyclic) bond motifs is 1. The van der Waals surface area contributed by atoms with Crippen molar-refractivity contribution < 1.29 is 4.74 Å². The molecule has 0 saturated carbocycles. The number of hydrogen-bond acceptors (Lipinski definition) is 3. The van der Waals surface area contributed by atoms with Crippen molar-refractivity contribution >= 4 is 23.2 Å². The minimum atomic E-state index is 0.0555. The van der Waals surface area contributed by atoms with E-state index in [-0.39, 0.29) is 6.04 Å². The lowest BCUT2D eigenvalue weighted by Crippen LogP contribution is -2.21. The summed E-state index contributed by atoms with van der Waals surface area (Å²) in [5, 5.41) is 1.21. The molecular formula is C14H14Cl2N2O. The number of rotatable bonds is 0. The zero-order valence-corrected chi connectivity index (χ0v) is 11.7. The van der Waals surface area contributed by atoms with Gasteiger partial charge in [0.15, 0.2) is 0 Å². The first kappa shape index (κ1) is 14.1. The molecule has 1 aromatic heterocycles. The molecule has 1 unspecified atom stereocenters. The lowest BCUT2D eigenvalue weighted by atomic mass is 10.1. The van der Waals surface area contributed by atoms with E-state index in [1.54, 1.807) is 18.3 Å². The van der Waals surface area contributed by atoms with Crippen LogP contribution in [0.4, 0.5) is 0 Å². The van der Waals surface area contributed by atoms with Gasteiger partial charge in [0.05, 0.1) is 28.4 Å². The van der Waals surface area contributed by atoms with E-state index in [9.17, 15) is 0 Å². The Kier molecular flexibility index (Phi) is 5.02. The molecule has 19 heavy (non-hydrogen) atoms. The topological polar surface area (TPSA) is 48.1 Å². The van der Waals surface area contributed by atoms with Crippen LogP contribution in [-0.4, -0.2) is 11.6 Å². The van der Waals surface area contributed by atoms with Gasteiger partial charge in [0.2, 0.25) is 0 Å². The first-order valence-corrected chi connectivity index (χ1v) is 6.67. The lowest BCUT2D eigenvalue weighted by molar-refractivity contribution is 0.264. The third-order valence-electron chi connectivity index (χ3n) is 2.66.